The van der Waals surface area contributed by atoms with Gasteiger partial charge < -0.3 is 16.0 Å². The number of nitrogens with zero attached hydrogens (tertiary/aromatic N) is 3. The SMILES string of the molecule is NC1CCN(c2ccc(NCc3cccc4c3C(=O)N(C3CCC(=O)NC3=O)C4=O)cn2)CC1. The monoisotopic (exact) mass is 462 g/mol. The number of pyridine rings is 1. The molecule has 0 bridgehead atoms. The summed E-state index contributed by atoms with van der Waals surface area (Å²) in [6.45, 7) is 2.08. The lowest BCUT2D eigenvalue weighted by molar-refractivity contribution is -0.136. The third-order valence-corrected chi connectivity index (χ3v) is 6.65. The van der Waals surface area contributed by atoms with E-state index in [0.29, 0.717) is 17.7 Å². The first kappa shape index (κ1) is 22.0. The van der Waals surface area contributed by atoms with Gasteiger partial charge in [-0.2, -0.15) is 0 Å². The molecule has 5 rings (SSSR count). The van der Waals surface area contributed by atoms with Crippen molar-refractivity contribution in [1.82, 2.24) is 15.2 Å². The number of nitrogens with two attached hydrogens (primary N) is 1. The van der Waals surface area contributed by atoms with Crippen LogP contribution in [0.2, 0.25) is 0 Å². The van der Waals surface area contributed by atoms with Gasteiger partial charge in [-0.25, -0.2) is 4.98 Å². The lowest BCUT2D eigenvalue weighted by Gasteiger charge is -2.31. The third kappa shape index (κ3) is 4.01. The van der Waals surface area contributed by atoms with Crippen LogP contribution in [0.15, 0.2) is 36.5 Å². The fraction of sp³-hybridized carbons (Fsp3) is 0.375. The van der Waals surface area contributed by atoms with Gasteiger partial charge in [0, 0.05) is 32.1 Å². The van der Waals surface area contributed by atoms with Crippen molar-refractivity contribution in [3.8, 4) is 0 Å². The number of anilines is 2. The van der Waals surface area contributed by atoms with Gasteiger partial charge in [0.25, 0.3) is 11.8 Å². The Morgan fingerprint density at radius 3 is 2.53 bits per heavy atom. The minimum Gasteiger partial charge on any atom is -0.380 e. The van der Waals surface area contributed by atoms with Crippen LogP contribution in [0, 0.1) is 0 Å². The van der Waals surface area contributed by atoms with Gasteiger partial charge in [0.05, 0.1) is 23.0 Å². The molecule has 10 heteroatoms. The summed E-state index contributed by atoms with van der Waals surface area (Å²) in [6, 6.07) is 8.25. The number of carbonyl (C=O) groups excluding carboxylic acids is 4. The van der Waals surface area contributed by atoms with Crippen LogP contribution in [0.4, 0.5) is 11.5 Å². The van der Waals surface area contributed by atoms with Gasteiger partial charge in [0.15, 0.2) is 0 Å². The molecule has 4 heterocycles. The maximum atomic E-state index is 13.2. The van der Waals surface area contributed by atoms with Crippen molar-refractivity contribution in [2.45, 2.75) is 44.3 Å². The van der Waals surface area contributed by atoms with E-state index in [0.717, 1.165) is 42.3 Å². The lowest BCUT2D eigenvalue weighted by Crippen LogP contribution is -2.54. The number of amides is 4. The molecule has 176 valence electrons. The van der Waals surface area contributed by atoms with Crippen LogP contribution < -0.4 is 21.3 Å². The molecular formula is C24H26N6O4. The lowest BCUT2D eigenvalue weighted by atomic mass is 10.0. The molecule has 0 aliphatic carbocycles. The number of hydrogen-bond acceptors (Lipinski definition) is 8. The molecule has 4 N–H and O–H groups in total. The predicted molar refractivity (Wildman–Crippen MR) is 124 cm³/mol. The summed E-state index contributed by atoms with van der Waals surface area (Å²) in [5.74, 6) is -1.13. The Hall–Kier alpha value is -3.79. The normalized spacial score (nSPS) is 21.0. The first-order valence-electron chi connectivity index (χ1n) is 11.5. The summed E-state index contributed by atoms with van der Waals surface area (Å²) in [4.78, 5) is 57.7. The molecule has 4 amide bonds. The highest BCUT2D eigenvalue weighted by molar-refractivity contribution is 6.24. The fourth-order valence-electron chi connectivity index (χ4n) is 4.74. The Labute approximate surface area is 196 Å². The second kappa shape index (κ2) is 8.86. The minimum absolute atomic E-state index is 0.0887. The average Bonchev–Trinajstić information content (AvgIpc) is 3.09. The number of piperidine rings is 2. The Morgan fingerprint density at radius 1 is 1.03 bits per heavy atom. The van der Waals surface area contributed by atoms with Gasteiger partial charge in [0.1, 0.15) is 11.9 Å². The van der Waals surface area contributed by atoms with E-state index in [-0.39, 0.29) is 24.4 Å². The summed E-state index contributed by atoms with van der Waals surface area (Å²) in [5, 5.41) is 5.48. The molecule has 0 radical (unpaired) electrons. The number of carbonyl (C=O) groups is 4. The van der Waals surface area contributed by atoms with Gasteiger partial charge in [-0.15, -0.1) is 0 Å². The molecule has 1 aromatic heterocycles. The Morgan fingerprint density at radius 2 is 1.82 bits per heavy atom. The van der Waals surface area contributed by atoms with Gasteiger partial charge in [0.2, 0.25) is 11.8 Å². The standard InChI is InChI=1S/C24H26N6O4/c25-15-8-10-29(11-9-15)19-6-4-16(13-27-19)26-12-14-2-1-3-17-21(14)24(34)30(23(17)33)18-5-7-20(31)28-22(18)32/h1-4,6,13,15,18,26H,5,7-12,25H2,(H,28,31,32). The third-order valence-electron chi connectivity index (χ3n) is 6.65. The van der Waals surface area contributed by atoms with Crippen LogP contribution in [0.5, 0.6) is 0 Å². The van der Waals surface area contributed by atoms with Crippen LogP contribution in [-0.4, -0.2) is 58.7 Å². The predicted octanol–water partition coefficient (Wildman–Crippen LogP) is 1.02. The zero-order chi connectivity index (χ0) is 23.8. The molecule has 0 saturated carbocycles. The topological polar surface area (TPSA) is 138 Å². The van der Waals surface area contributed by atoms with E-state index in [9.17, 15) is 19.2 Å². The summed E-state index contributed by atoms with van der Waals surface area (Å²) >= 11 is 0. The molecule has 3 aliphatic rings. The van der Waals surface area contributed by atoms with Crippen molar-refractivity contribution in [2.24, 2.45) is 5.73 Å². The summed E-state index contributed by atoms with van der Waals surface area (Å²) in [6.07, 6.45) is 3.86. The van der Waals surface area contributed by atoms with Crippen molar-refractivity contribution in [3.63, 3.8) is 0 Å². The van der Waals surface area contributed by atoms with E-state index < -0.39 is 29.7 Å². The second-order valence-electron chi connectivity index (χ2n) is 8.87. The number of rotatable bonds is 5. The molecule has 1 aromatic carbocycles. The van der Waals surface area contributed by atoms with Crippen molar-refractivity contribution >= 4 is 35.1 Å². The number of aromatic nitrogens is 1. The van der Waals surface area contributed by atoms with Crippen molar-refractivity contribution in [1.29, 1.82) is 0 Å². The zero-order valence-corrected chi connectivity index (χ0v) is 18.6. The van der Waals surface area contributed by atoms with Crippen LogP contribution in [0.1, 0.15) is 52.0 Å². The van der Waals surface area contributed by atoms with Crippen LogP contribution in [-0.2, 0) is 16.1 Å². The number of benzene rings is 1. The molecule has 2 saturated heterocycles. The van der Waals surface area contributed by atoms with Crippen LogP contribution >= 0.6 is 0 Å². The number of imide groups is 2. The molecule has 34 heavy (non-hydrogen) atoms. The second-order valence-corrected chi connectivity index (χ2v) is 8.87. The maximum absolute atomic E-state index is 13.2. The maximum Gasteiger partial charge on any atom is 0.262 e. The Bertz CT molecular complexity index is 1160. The summed E-state index contributed by atoms with van der Waals surface area (Å²) in [7, 11) is 0. The fourth-order valence-corrected chi connectivity index (χ4v) is 4.74. The van der Waals surface area contributed by atoms with Gasteiger partial charge in [-0.05, 0) is 43.0 Å². The highest BCUT2D eigenvalue weighted by atomic mass is 16.2. The zero-order valence-electron chi connectivity index (χ0n) is 18.6. The van der Waals surface area contributed by atoms with Gasteiger partial charge in [-0.3, -0.25) is 29.4 Å². The van der Waals surface area contributed by atoms with E-state index >= 15 is 0 Å². The molecule has 3 aliphatic heterocycles. The smallest absolute Gasteiger partial charge is 0.262 e. The minimum atomic E-state index is -0.980. The first-order chi connectivity index (χ1) is 16.4. The quantitative estimate of drug-likeness (QED) is 0.560. The van der Waals surface area contributed by atoms with Crippen LogP contribution in [0.25, 0.3) is 0 Å². The number of hydrogen-bond donors (Lipinski definition) is 3. The van der Waals surface area contributed by atoms with Crippen LogP contribution in [0.3, 0.4) is 0 Å². The molecule has 1 unspecified atom stereocenters. The van der Waals surface area contributed by atoms with E-state index in [1.54, 1.807) is 24.4 Å². The summed E-state index contributed by atoms with van der Waals surface area (Å²) in [5.41, 5.74) is 7.97. The van der Waals surface area contributed by atoms with E-state index in [2.05, 4.69) is 20.5 Å². The average molecular weight is 463 g/mol. The Kier molecular flexibility index (Phi) is 5.74. The van der Waals surface area contributed by atoms with Crippen molar-refractivity contribution < 1.29 is 19.2 Å². The highest BCUT2D eigenvalue weighted by Crippen LogP contribution is 2.30. The number of fused-ring (bicyclic) bond motifs is 1. The van der Waals surface area contributed by atoms with E-state index in [1.807, 2.05) is 12.1 Å². The van der Waals surface area contributed by atoms with Gasteiger partial charge >= 0.3 is 0 Å². The van der Waals surface area contributed by atoms with Crippen molar-refractivity contribution in [3.05, 3.63) is 53.2 Å². The molecule has 2 fully saturated rings. The molecular weight excluding hydrogens is 436 g/mol. The van der Waals surface area contributed by atoms with Crippen molar-refractivity contribution in [2.75, 3.05) is 23.3 Å². The van der Waals surface area contributed by atoms with Gasteiger partial charge in [-0.1, -0.05) is 12.1 Å². The Balaban J connectivity index is 1.29. The first-order valence-corrected chi connectivity index (χ1v) is 11.5. The van der Waals surface area contributed by atoms with E-state index in [1.165, 1.54) is 0 Å². The molecule has 0 spiro atoms. The molecule has 10 nitrogen and oxygen atoms in total. The summed E-state index contributed by atoms with van der Waals surface area (Å²) < 4.78 is 0. The number of nitrogens with one attached hydrogen (secondary N) is 2. The highest BCUT2D eigenvalue weighted by Gasteiger charge is 2.45. The van der Waals surface area contributed by atoms with E-state index in [4.69, 9.17) is 5.73 Å². The molecule has 1 atom stereocenters. The molecule has 2 aromatic rings. The largest absolute Gasteiger partial charge is 0.380 e.